The predicted octanol–water partition coefficient (Wildman–Crippen LogP) is 7.44. The first-order valence-corrected chi connectivity index (χ1v) is 19.2. The fraction of sp³-hybridized carbons (Fsp3) is 0.756. The third-order valence-corrected chi connectivity index (χ3v) is 13.5. The first-order chi connectivity index (χ1) is 23.3. The van der Waals surface area contributed by atoms with Gasteiger partial charge in [-0.05, 0) is 114 Å². The molecule has 270 valence electrons. The number of esters is 1. The Bertz CT molecular complexity index is 1460. The maximum absolute atomic E-state index is 12.5. The van der Waals surface area contributed by atoms with Gasteiger partial charge in [0.1, 0.15) is 12.2 Å². The van der Waals surface area contributed by atoms with Crippen molar-refractivity contribution in [1.29, 1.82) is 0 Å². The lowest BCUT2D eigenvalue weighted by molar-refractivity contribution is -0.363. The average molecular weight is 678 g/mol. The Labute approximate surface area is 293 Å². The number of carbonyl (C=O) groups excluding carboxylic acids is 1. The van der Waals surface area contributed by atoms with E-state index in [4.69, 9.17) is 23.9 Å². The largest absolute Gasteiger partial charge is 0.450 e. The van der Waals surface area contributed by atoms with Crippen molar-refractivity contribution in [3.63, 3.8) is 0 Å². The van der Waals surface area contributed by atoms with Crippen LogP contribution >= 0.6 is 0 Å². The first-order valence-electron chi connectivity index (χ1n) is 19.2. The van der Waals surface area contributed by atoms with Gasteiger partial charge in [-0.3, -0.25) is 4.99 Å². The summed E-state index contributed by atoms with van der Waals surface area (Å²) in [7, 11) is 0. The van der Waals surface area contributed by atoms with Crippen molar-refractivity contribution in [2.45, 2.75) is 167 Å². The van der Waals surface area contributed by atoms with Gasteiger partial charge >= 0.3 is 5.97 Å². The monoisotopic (exact) mass is 677 g/mol. The normalized spacial score (nSPS) is 46.2. The Morgan fingerprint density at radius 2 is 1.73 bits per heavy atom. The summed E-state index contributed by atoms with van der Waals surface area (Å²) in [6, 6.07) is 0. The third kappa shape index (κ3) is 6.59. The van der Waals surface area contributed by atoms with Crippen LogP contribution in [0.5, 0.6) is 0 Å². The van der Waals surface area contributed by atoms with Crippen LogP contribution < -0.4 is 0 Å². The van der Waals surface area contributed by atoms with Gasteiger partial charge in [-0.1, -0.05) is 37.6 Å². The lowest BCUT2D eigenvalue weighted by Crippen LogP contribution is -2.52. The molecule has 0 aromatic heterocycles. The molecule has 4 bridgehead atoms. The molecule has 6 aliphatic heterocycles. The number of allylic oxidation sites excluding steroid dienone is 2. The molecule has 8 nitrogen and oxygen atoms in total. The Kier molecular flexibility index (Phi) is 9.70. The van der Waals surface area contributed by atoms with Crippen LogP contribution in [0.1, 0.15) is 125 Å². The van der Waals surface area contributed by atoms with E-state index in [-0.39, 0.29) is 35.6 Å². The van der Waals surface area contributed by atoms with Crippen molar-refractivity contribution < 1.29 is 34.0 Å². The summed E-state index contributed by atoms with van der Waals surface area (Å²) in [5.41, 5.74) is 6.34. The molecule has 49 heavy (non-hydrogen) atoms. The van der Waals surface area contributed by atoms with Crippen molar-refractivity contribution in [2.24, 2.45) is 28.2 Å². The Balaban J connectivity index is 1.26. The molecule has 0 saturated carbocycles. The number of nitrogens with zero attached hydrogens (tertiary/aromatic N) is 1. The SMILES string of the molecule is C=C1CCCC2=NCC(C)C(C)CC23CCC(C2C=C(C)C(=O)O2)=C(C)C3/C=C(\C)C(O)CC2CCC3(CCC4(OC(CCC4O)C1)O3)O2. The van der Waals surface area contributed by atoms with Crippen molar-refractivity contribution in [1.82, 2.24) is 0 Å². The van der Waals surface area contributed by atoms with Gasteiger partial charge in [0, 0.05) is 54.8 Å². The number of aliphatic hydroxyl groups is 2. The van der Waals surface area contributed by atoms with E-state index in [1.54, 1.807) is 0 Å². The number of ether oxygens (including phenoxy) is 4. The number of fused-ring (bicyclic) bond motifs is 2. The van der Waals surface area contributed by atoms with E-state index in [0.29, 0.717) is 43.1 Å². The molecule has 0 aromatic rings. The van der Waals surface area contributed by atoms with Gasteiger partial charge in [0.05, 0.1) is 18.3 Å². The molecule has 1 aliphatic carbocycles. The number of rotatable bonds is 1. The number of aliphatic imine (C=N–C) groups is 1. The van der Waals surface area contributed by atoms with E-state index in [1.165, 1.54) is 22.4 Å². The fourth-order valence-electron chi connectivity index (χ4n) is 10.2. The lowest BCUT2D eigenvalue weighted by atomic mass is 9.56. The van der Waals surface area contributed by atoms with E-state index in [2.05, 4.69) is 40.3 Å². The van der Waals surface area contributed by atoms with Gasteiger partial charge in [0.15, 0.2) is 11.6 Å². The third-order valence-electron chi connectivity index (χ3n) is 13.5. The Morgan fingerprint density at radius 1 is 0.918 bits per heavy atom. The molecule has 0 radical (unpaired) electrons. The van der Waals surface area contributed by atoms with Gasteiger partial charge < -0.3 is 29.2 Å². The van der Waals surface area contributed by atoms with Crippen LogP contribution in [0.25, 0.3) is 0 Å². The van der Waals surface area contributed by atoms with Gasteiger partial charge in [-0.25, -0.2) is 4.79 Å². The topological polar surface area (TPSA) is 107 Å². The summed E-state index contributed by atoms with van der Waals surface area (Å²) >= 11 is 0. The minimum atomic E-state index is -1.04. The second-order valence-electron chi connectivity index (χ2n) is 16.9. The van der Waals surface area contributed by atoms with Crippen LogP contribution in [0, 0.1) is 23.2 Å². The van der Waals surface area contributed by atoms with Crippen LogP contribution in [0.2, 0.25) is 0 Å². The second kappa shape index (κ2) is 13.5. The maximum atomic E-state index is 12.5. The van der Waals surface area contributed by atoms with E-state index in [9.17, 15) is 15.0 Å². The summed E-state index contributed by atoms with van der Waals surface area (Å²) < 4.78 is 25.8. The van der Waals surface area contributed by atoms with Gasteiger partial charge in [-0.2, -0.15) is 0 Å². The van der Waals surface area contributed by atoms with E-state index >= 15 is 0 Å². The van der Waals surface area contributed by atoms with Crippen molar-refractivity contribution in [3.8, 4) is 0 Å². The molecule has 2 N–H and O–H groups in total. The molecule has 7 rings (SSSR count). The molecule has 0 aromatic carbocycles. The van der Waals surface area contributed by atoms with E-state index in [0.717, 1.165) is 76.3 Å². The molecule has 7 aliphatic rings. The van der Waals surface area contributed by atoms with Crippen molar-refractivity contribution in [2.75, 3.05) is 6.54 Å². The highest BCUT2D eigenvalue weighted by molar-refractivity contribution is 5.92. The molecule has 3 spiro atoms. The molecular formula is C41H59NO7. The number of hydrogen-bond acceptors (Lipinski definition) is 8. The van der Waals surface area contributed by atoms with Gasteiger partial charge in [0.25, 0.3) is 0 Å². The number of cyclic esters (lactones) is 1. The smallest absolute Gasteiger partial charge is 0.334 e. The minimum Gasteiger partial charge on any atom is -0.450 e. The van der Waals surface area contributed by atoms with Gasteiger partial charge in [0.2, 0.25) is 0 Å². The molecule has 11 unspecified atom stereocenters. The fourth-order valence-corrected chi connectivity index (χ4v) is 10.2. The summed E-state index contributed by atoms with van der Waals surface area (Å²) in [5, 5.41) is 22.9. The Morgan fingerprint density at radius 3 is 2.51 bits per heavy atom. The lowest BCUT2D eigenvalue weighted by Gasteiger charge is -2.47. The Hall–Kier alpha value is -2.10. The molecular weight excluding hydrogens is 618 g/mol. The van der Waals surface area contributed by atoms with Crippen molar-refractivity contribution in [3.05, 3.63) is 46.6 Å². The van der Waals surface area contributed by atoms with Crippen LogP contribution in [-0.4, -0.2) is 70.5 Å². The van der Waals surface area contributed by atoms with Crippen LogP contribution in [-0.2, 0) is 23.7 Å². The average Bonchev–Trinajstić information content (AvgIpc) is 3.71. The highest BCUT2D eigenvalue weighted by Gasteiger charge is 2.59. The highest BCUT2D eigenvalue weighted by atomic mass is 16.8. The summed E-state index contributed by atoms with van der Waals surface area (Å²) in [6.07, 6.45) is 13.5. The van der Waals surface area contributed by atoms with Crippen molar-refractivity contribution >= 4 is 11.7 Å². The summed E-state index contributed by atoms with van der Waals surface area (Å²) in [4.78, 5) is 17.9. The van der Waals surface area contributed by atoms with Crippen LogP contribution in [0.3, 0.4) is 0 Å². The van der Waals surface area contributed by atoms with E-state index in [1.807, 2.05) is 13.0 Å². The molecule has 3 saturated heterocycles. The number of hydrogen-bond donors (Lipinski definition) is 2. The predicted molar refractivity (Wildman–Crippen MR) is 189 cm³/mol. The molecule has 3 fully saturated rings. The van der Waals surface area contributed by atoms with Crippen LogP contribution in [0.4, 0.5) is 0 Å². The first kappa shape index (κ1) is 35.3. The molecule has 6 heterocycles. The van der Waals surface area contributed by atoms with E-state index < -0.39 is 23.8 Å². The quantitative estimate of drug-likeness (QED) is 0.220. The van der Waals surface area contributed by atoms with Crippen LogP contribution in [0.15, 0.2) is 51.6 Å². The summed E-state index contributed by atoms with van der Waals surface area (Å²) in [5.74, 6) is -1.06. The standard InChI is InChI=1S/C41H59NO7/c1-24-8-7-9-36-39(22-27(4)28(5)23-42-36)14-13-32(35-20-26(3)38(45)46-35)29(6)33(39)19-25(2)34(43)21-31-12-15-40(47-31)16-17-41(49-40)37(44)11-10-30(18-24)48-41/h19-20,27-28,30-31,33-35,37,43-44H,1,7-18,21-23H2,2-6H3/b25-19+. The summed E-state index contributed by atoms with van der Waals surface area (Å²) in [6.45, 7) is 16.2. The maximum Gasteiger partial charge on any atom is 0.334 e. The molecule has 8 heteroatoms. The zero-order valence-corrected chi connectivity index (χ0v) is 30.5. The highest BCUT2D eigenvalue weighted by Crippen LogP contribution is 2.55. The molecule has 11 atom stereocenters. The molecule has 0 amide bonds. The number of carbonyl (C=O) groups is 1. The zero-order valence-electron chi connectivity index (χ0n) is 30.5. The minimum absolute atomic E-state index is 0.0266. The number of aliphatic hydroxyl groups excluding tert-OH is 2. The van der Waals surface area contributed by atoms with Gasteiger partial charge in [-0.15, -0.1) is 0 Å². The zero-order chi connectivity index (χ0) is 34.7. The second-order valence-corrected chi connectivity index (χ2v) is 16.9.